The summed E-state index contributed by atoms with van der Waals surface area (Å²) >= 11 is 1.33. The number of aryl methyl sites for hydroxylation is 1. The molecule has 0 aliphatic heterocycles. The van der Waals surface area contributed by atoms with Gasteiger partial charge in [0, 0.05) is 0 Å². The van der Waals surface area contributed by atoms with Crippen LogP contribution in [-0.4, -0.2) is 21.5 Å². The predicted molar refractivity (Wildman–Crippen MR) is 150 cm³/mol. The third kappa shape index (κ3) is 5.07. The van der Waals surface area contributed by atoms with Crippen molar-refractivity contribution in [2.24, 2.45) is 0 Å². The number of benzene rings is 3. The predicted octanol–water partition coefficient (Wildman–Crippen LogP) is 7.99. The molecule has 2 N–H and O–H groups in total. The van der Waals surface area contributed by atoms with Crippen molar-refractivity contribution in [3.8, 4) is 21.6 Å². The number of nitrogens with one attached hydrogen (secondary N) is 1. The molecule has 3 aromatic carbocycles. The van der Waals surface area contributed by atoms with Crippen LogP contribution in [0, 0.1) is 6.92 Å². The van der Waals surface area contributed by atoms with Crippen LogP contribution in [0.4, 0.5) is 10.5 Å². The molecule has 5 rings (SSSR count). The molecule has 194 valence electrons. The smallest absolute Gasteiger partial charge is 0.412 e. The number of carboxylic acids is 1. The number of carbonyl (C=O) groups excluding carboxylic acids is 1. The molecule has 6 nitrogen and oxygen atoms in total. The molecular formula is C31H30N2O4S. The Morgan fingerprint density at radius 1 is 0.921 bits per heavy atom. The van der Waals surface area contributed by atoms with Gasteiger partial charge in [-0.25, -0.2) is 4.79 Å². The average Bonchev–Trinajstić information content (AvgIpc) is 3.58. The number of anilines is 1. The highest BCUT2D eigenvalue weighted by Gasteiger charge is 2.42. The SMILES string of the molecule is Cc1nsc(-c2ccc(-c3ccc(C4(C(=O)O)CCCC4)cc3)cc2)c1NC(=O)OC(C)c1ccccc1. The zero-order valence-corrected chi connectivity index (χ0v) is 22.3. The Morgan fingerprint density at radius 3 is 2.11 bits per heavy atom. The standard InChI is InChI=1S/C31H30N2O4S/c1-20-27(32-30(36)37-21(2)22-8-4-3-5-9-22)28(38-33-20)25-12-10-23(11-13-25)24-14-16-26(17-15-24)31(29(34)35)18-6-7-19-31/h3-5,8-17,21H,6-7,18-19H2,1-2H3,(H,32,36)(H,34,35). The first-order chi connectivity index (χ1) is 18.4. The molecule has 1 saturated carbocycles. The highest BCUT2D eigenvalue weighted by Crippen LogP contribution is 2.42. The van der Waals surface area contributed by atoms with E-state index < -0.39 is 17.5 Å². The zero-order valence-electron chi connectivity index (χ0n) is 21.4. The first kappa shape index (κ1) is 25.7. The van der Waals surface area contributed by atoms with Crippen LogP contribution in [0.15, 0.2) is 78.9 Å². The Labute approximate surface area is 226 Å². The molecule has 1 aliphatic carbocycles. The van der Waals surface area contributed by atoms with Gasteiger partial charge in [0.2, 0.25) is 0 Å². The van der Waals surface area contributed by atoms with Gasteiger partial charge in [0.15, 0.2) is 0 Å². The summed E-state index contributed by atoms with van der Waals surface area (Å²) in [6.45, 7) is 3.70. The molecule has 0 bridgehead atoms. The first-order valence-corrected chi connectivity index (χ1v) is 13.6. The number of rotatable bonds is 7. The Kier molecular flexibility index (Phi) is 7.29. The quantitative estimate of drug-likeness (QED) is 0.255. The molecule has 4 aromatic rings. The maximum Gasteiger partial charge on any atom is 0.412 e. The number of hydrogen-bond donors (Lipinski definition) is 2. The van der Waals surface area contributed by atoms with E-state index in [1.54, 1.807) is 0 Å². The van der Waals surface area contributed by atoms with E-state index in [1.807, 2.05) is 92.7 Å². The van der Waals surface area contributed by atoms with E-state index in [-0.39, 0.29) is 6.10 Å². The number of hydrogen-bond acceptors (Lipinski definition) is 5. The number of aliphatic carboxylic acids is 1. The Balaban J connectivity index is 1.31. The van der Waals surface area contributed by atoms with Crippen molar-refractivity contribution >= 4 is 29.3 Å². The van der Waals surface area contributed by atoms with E-state index in [1.165, 1.54) is 11.5 Å². The Hall–Kier alpha value is -3.97. The summed E-state index contributed by atoms with van der Waals surface area (Å²) in [6, 6.07) is 25.6. The van der Waals surface area contributed by atoms with E-state index in [2.05, 4.69) is 9.69 Å². The fraction of sp³-hybridized carbons (Fsp3) is 0.258. The van der Waals surface area contributed by atoms with Crippen LogP contribution < -0.4 is 5.32 Å². The third-order valence-corrected chi connectivity index (χ3v) is 8.41. The maximum atomic E-state index is 12.7. The average molecular weight is 527 g/mol. The number of carboxylic acid groups (broad SMARTS) is 1. The van der Waals surface area contributed by atoms with E-state index in [4.69, 9.17) is 4.74 Å². The van der Waals surface area contributed by atoms with Crippen molar-refractivity contribution in [1.82, 2.24) is 4.37 Å². The molecule has 1 aromatic heterocycles. The summed E-state index contributed by atoms with van der Waals surface area (Å²) in [5.74, 6) is -0.727. The molecule has 1 fully saturated rings. The van der Waals surface area contributed by atoms with Crippen molar-refractivity contribution in [3.63, 3.8) is 0 Å². The second kappa shape index (κ2) is 10.8. The molecule has 1 atom stereocenters. The van der Waals surface area contributed by atoms with Gasteiger partial charge < -0.3 is 9.84 Å². The van der Waals surface area contributed by atoms with Crippen LogP contribution in [0.25, 0.3) is 21.6 Å². The molecule has 0 spiro atoms. The second-order valence-electron chi connectivity index (χ2n) is 9.80. The van der Waals surface area contributed by atoms with Gasteiger partial charge >= 0.3 is 12.1 Å². The van der Waals surface area contributed by atoms with Gasteiger partial charge in [-0.2, -0.15) is 4.37 Å². The molecule has 1 heterocycles. The van der Waals surface area contributed by atoms with Gasteiger partial charge in [-0.15, -0.1) is 0 Å². The first-order valence-electron chi connectivity index (χ1n) is 12.8. The van der Waals surface area contributed by atoms with E-state index in [0.29, 0.717) is 18.5 Å². The molecular weight excluding hydrogens is 496 g/mol. The molecule has 7 heteroatoms. The third-order valence-electron chi connectivity index (χ3n) is 7.43. The molecule has 1 unspecified atom stereocenters. The minimum absolute atomic E-state index is 0.378. The number of aromatic nitrogens is 1. The van der Waals surface area contributed by atoms with E-state index >= 15 is 0 Å². The monoisotopic (exact) mass is 526 g/mol. The number of ether oxygens (including phenoxy) is 1. The lowest BCUT2D eigenvalue weighted by Crippen LogP contribution is -2.32. The lowest BCUT2D eigenvalue weighted by molar-refractivity contribution is -0.143. The molecule has 1 aliphatic rings. The zero-order chi connectivity index (χ0) is 26.7. The van der Waals surface area contributed by atoms with Crippen LogP contribution in [0.5, 0.6) is 0 Å². The van der Waals surface area contributed by atoms with Crippen LogP contribution >= 0.6 is 11.5 Å². The molecule has 0 radical (unpaired) electrons. The minimum atomic E-state index is -0.754. The summed E-state index contributed by atoms with van der Waals surface area (Å²) in [5.41, 5.74) is 5.43. The molecule has 1 amide bonds. The van der Waals surface area contributed by atoms with Gasteiger partial charge in [0.1, 0.15) is 6.10 Å². The van der Waals surface area contributed by atoms with E-state index in [9.17, 15) is 14.7 Å². The fourth-order valence-electron chi connectivity index (χ4n) is 5.20. The normalized spacial score (nSPS) is 15.1. The summed E-state index contributed by atoms with van der Waals surface area (Å²) in [5, 5.41) is 12.8. The lowest BCUT2D eigenvalue weighted by Gasteiger charge is -2.24. The van der Waals surface area contributed by atoms with Crippen LogP contribution in [0.2, 0.25) is 0 Å². The lowest BCUT2D eigenvalue weighted by atomic mass is 9.78. The van der Waals surface area contributed by atoms with Gasteiger partial charge in [-0.1, -0.05) is 91.7 Å². The topological polar surface area (TPSA) is 88.5 Å². The van der Waals surface area contributed by atoms with Crippen molar-refractivity contribution in [3.05, 3.63) is 95.7 Å². The number of amides is 1. The number of carbonyl (C=O) groups is 2. The van der Waals surface area contributed by atoms with Gasteiger partial charge in [0.05, 0.1) is 21.7 Å². The highest BCUT2D eigenvalue weighted by molar-refractivity contribution is 7.10. The number of nitrogens with zero attached hydrogens (tertiary/aromatic N) is 1. The molecule has 38 heavy (non-hydrogen) atoms. The highest BCUT2D eigenvalue weighted by atomic mass is 32.1. The van der Waals surface area contributed by atoms with Crippen molar-refractivity contribution in [2.45, 2.75) is 51.0 Å². The van der Waals surface area contributed by atoms with Crippen LogP contribution in [-0.2, 0) is 14.9 Å². The summed E-state index contributed by atoms with van der Waals surface area (Å²) in [7, 11) is 0. The Morgan fingerprint density at radius 2 is 1.50 bits per heavy atom. The summed E-state index contributed by atoms with van der Waals surface area (Å²) in [6.07, 6.45) is 2.39. The second-order valence-corrected chi connectivity index (χ2v) is 10.6. The van der Waals surface area contributed by atoms with Gasteiger partial charge in [-0.3, -0.25) is 10.1 Å². The van der Waals surface area contributed by atoms with E-state index in [0.717, 1.165) is 51.2 Å². The minimum Gasteiger partial charge on any atom is -0.481 e. The maximum absolute atomic E-state index is 12.7. The van der Waals surface area contributed by atoms with Crippen molar-refractivity contribution in [1.29, 1.82) is 0 Å². The van der Waals surface area contributed by atoms with Crippen molar-refractivity contribution in [2.75, 3.05) is 5.32 Å². The fourth-order valence-corrected chi connectivity index (χ4v) is 6.05. The van der Waals surface area contributed by atoms with Crippen LogP contribution in [0.1, 0.15) is 55.5 Å². The Bertz CT molecular complexity index is 1420. The summed E-state index contributed by atoms with van der Waals surface area (Å²) < 4.78 is 10.0. The largest absolute Gasteiger partial charge is 0.481 e. The van der Waals surface area contributed by atoms with Gasteiger partial charge in [-0.05, 0) is 66.0 Å². The van der Waals surface area contributed by atoms with Crippen LogP contribution in [0.3, 0.4) is 0 Å². The summed E-state index contributed by atoms with van der Waals surface area (Å²) in [4.78, 5) is 25.5. The molecule has 0 saturated heterocycles. The van der Waals surface area contributed by atoms with Crippen molar-refractivity contribution < 1.29 is 19.4 Å². The van der Waals surface area contributed by atoms with Gasteiger partial charge in [0.25, 0.3) is 0 Å².